The molecule has 1 aromatic rings. The van der Waals surface area contributed by atoms with Gasteiger partial charge in [0.2, 0.25) is 5.79 Å². The van der Waals surface area contributed by atoms with E-state index in [0.29, 0.717) is 56.1 Å². The van der Waals surface area contributed by atoms with E-state index in [4.69, 9.17) is 18.9 Å². The van der Waals surface area contributed by atoms with Crippen molar-refractivity contribution in [3.63, 3.8) is 0 Å². The van der Waals surface area contributed by atoms with Gasteiger partial charge in [-0.15, -0.1) is 0 Å². The molecule has 0 radical (unpaired) electrons. The van der Waals surface area contributed by atoms with Gasteiger partial charge in [-0.25, -0.2) is 4.79 Å². The SMILES string of the molecule is COc1ccc(C(=O)O[C@@H]2CC[C@@]3(C)[C@H]4CC[C@H]5[C@]6(O)C[C@H](O)[C@@]7(O)[C@@H](CN8C[C@H](C)CC[C@H]8[C@@]7(C)O)[C@]6(O)C[C@@]53O[C@]24O)cc1OC. The lowest BCUT2D eigenvalue weighted by molar-refractivity contribution is -0.354. The molecule has 1 spiro atoms. The summed E-state index contributed by atoms with van der Waals surface area (Å²) in [6, 6.07) is 4.28. The number of aliphatic hydroxyl groups excluding tert-OH is 1. The van der Waals surface area contributed by atoms with Gasteiger partial charge in [-0.3, -0.25) is 4.90 Å². The van der Waals surface area contributed by atoms with Crippen LogP contribution in [0.4, 0.5) is 0 Å². The maximum atomic E-state index is 13.5. The van der Waals surface area contributed by atoms with Gasteiger partial charge >= 0.3 is 5.97 Å². The second-order valence-electron chi connectivity index (χ2n) is 16.8. The molecule has 7 aliphatic rings. The minimum Gasteiger partial charge on any atom is -0.493 e. The topological polar surface area (TPSA) is 179 Å². The standard InChI is InChI=1S/C36H51NO11/c1-19-6-11-26-31(3,40)35(43)25(17-37(26)16-19)33(42)18-34-24(32(33,41)15-27(35)38)10-9-23-30(34,2)13-12-28(36(23,44)48-34)47-29(39)20-7-8-21(45-4)22(14-20)46-5/h7-8,14,19,23-28,38,40-44H,6,9-13,15-18H2,1-5H3/t19-,23-,24+,25+,26+,27+,28-,30+,31-,32-,33-,34-,35+,36+/m1/s1. The van der Waals surface area contributed by atoms with Gasteiger partial charge in [-0.2, -0.15) is 0 Å². The highest BCUT2D eigenvalue weighted by molar-refractivity contribution is 5.90. The molecule has 14 atom stereocenters. The van der Waals surface area contributed by atoms with Crippen LogP contribution < -0.4 is 9.47 Å². The summed E-state index contributed by atoms with van der Waals surface area (Å²) >= 11 is 0. The number of aliphatic hydroxyl groups is 6. The molecule has 7 fully saturated rings. The van der Waals surface area contributed by atoms with Gasteiger partial charge in [-0.05, 0) is 69.6 Å². The Morgan fingerprint density at radius 3 is 2.31 bits per heavy atom. The number of esters is 1. The molecular weight excluding hydrogens is 622 g/mol. The van der Waals surface area contributed by atoms with E-state index in [9.17, 15) is 35.4 Å². The number of ether oxygens (including phenoxy) is 4. The number of fused-ring (bicyclic) bond motifs is 5. The van der Waals surface area contributed by atoms with Crippen molar-refractivity contribution in [3.8, 4) is 11.5 Å². The first-order valence-corrected chi connectivity index (χ1v) is 17.6. The van der Waals surface area contributed by atoms with E-state index in [2.05, 4.69) is 11.8 Å². The number of carbonyl (C=O) groups is 1. The van der Waals surface area contributed by atoms with E-state index in [1.165, 1.54) is 20.3 Å². The van der Waals surface area contributed by atoms with Gasteiger partial charge in [0.05, 0.1) is 31.5 Å². The molecule has 48 heavy (non-hydrogen) atoms. The highest BCUT2D eigenvalue weighted by atomic mass is 16.7. The van der Waals surface area contributed by atoms with Crippen LogP contribution in [0.1, 0.15) is 82.5 Å². The van der Waals surface area contributed by atoms with Crippen LogP contribution in [0.15, 0.2) is 18.2 Å². The summed E-state index contributed by atoms with van der Waals surface area (Å²) in [5.74, 6) is -3.63. The van der Waals surface area contributed by atoms with E-state index in [1.807, 2.05) is 6.92 Å². The highest BCUT2D eigenvalue weighted by Gasteiger charge is 2.88. The predicted octanol–water partition coefficient (Wildman–Crippen LogP) is 1.36. The number of hydrogen-bond acceptors (Lipinski definition) is 12. The van der Waals surface area contributed by atoms with Gasteiger partial charge in [0.15, 0.2) is 17.6 Å². The Morgan fingerprint density at radius 2 is 1.60 bits per heavy atom. The zero-order valence-corrected chi connectivity index (χ0v) is 28.5. The van der Waals surface area contributed by atoms with E-state index >= 15 is 0 Å². The zero-order chi connectivity index (χ0) is 34.4. The average molecular weight is 674 g/mol. The van der Waals surface area contributed by atoms with Gasteiger partial charge < -0.3 is 49.6 Å². The van der Waals surface area contributed by atoms with Crippen LogP contribution in [0.3, 0.4) is 0 Å². The maximum absolute atomic E-state index is 13.5. The molecule has 4 aliphatic carbocycles. The Hall–Kier alpha value is -2.03. The fraction of sp³-hybridized carbons (Fsp3) is 0.806. The van der Waals surface area contributed by atoms with Crippen molar-refractivity contribution >= 4 is 5.97 Å². The second-order valence-corrected chi connectivity index (χ2v) is 16.8. The summed E-state index contributed by atoms with van der Waals surface area (Å²) in [6.07, 6.45) is 0.172. The molecule has 12 nitrogen and oxygen atoms in total. The third-order valence-corrected chi connectivity index (χ3v) is 14.9. The Morgan fingerprint density at radius 1 is 0.896 bits per heavy atom. The Balaban J connectivity index is 1.16. The first-order chi connectivity index (χ1) is 22.5. The van der Waals surface area contributed by atoms with E-state index in [-0.39, 0.29) is 24.9 Å². The summed E-state index contributed by atoms with van der Waals surface area (Å²) in [6.45, 7) is 6.57. The van der Waals surface area contributed by atoms with Crippen LogP contribution in [0.5, 0.6) is 11.5 Å². The van der Waals surface area contributed by atoms with Crippen molar-refractivity contribution in [2.75, 3.05) is 27.3 Å². The molecule has 4 saturated carbocycles. The molecule has 3 heterocycles. The molecular formula is C36H51NO11. The molecule has 8 rings (SSSR count). The summed E-state index contributed by atoms with van der Waals surface area (Å²) in [5.41, 5.74) is -9.44. The molecule has 3 aliphatic heterocycles. The van der Waals surface area contributed by atoms with E-state index in [0.717, 1.165) is 6.42 Å². The normalized spacial score (nSPS) is 53.6. The molecule has 266 valence electrons. The molecule has 1 aromatic carbocycles. The minimum absolute atomic E-state index is 0.101. The van der Waals surface area contributed by atoms with Crippen molar-refractivity contribution in [1.82, 2.24) is 4.90 Å². The van der Waals surface area contributed by atoms with E-state index < -0.39 is 81.2 Å². The summed E-state index contributed by atoms with van der Waals surface area (Å²) in [4.78, 5) is 15.6. The first kappa shape index (κ1) is 33.1. The lowest BCUT2D eigenvalue weighted by atomic mass is 9.49. The zero-order valence-electron chi connectivity index (χ0n) is 28.5. The Bertz CT molecular complexity index is 1520. The Labute approximate surface area is 280 Å². The summed E-state index contributed by atoms with van der Waals surface area (Å²) in [7, 11) is 2.97. The van der Waals surface area contributed by atoms with Gasteiger partial charge in [0, 0.05) is 55.1 Å². The molecule has 0 amide bonds. The molecule has 3 saturated heterocycles. The number of hydrogen-bond donors (Lipinski definition) is 6. The molecule has 6 N–H and O–H groups in total. The Kier molecular flexibility index (Phi) is 6.94. The molecule has 0 aromatic heterocycles. The molecule has 4 bridgehead atoms. The number of piperidine rings is 2. The lowest BCUT2D eigenvalue weighted by Gasteiger charge is -2.68. The quantitative estimate of drug-likeness (QED) is 0.253. The highest BCUT2D eigenvalue weighted by Crippen LogP contribution is 2.78. The van der Waals surface area contributed by atoms with Crippen LogP contribution in [0.2, 0.25) is 0 Å². The largest absolute Gasteiger partial charge is 0.493 e. The monoisotopic (exact) mass is 673 g/mol. The van der Waals surface area contributed by atoms with Gasteiger partial charge in [-0.1, -0.05) is 13.8 Å². The van der Waals surface area contributed by atoms with Crippen LogP contribution in [-0.2, 0) is 9.47 Å². The molecule has 0 unspecified atom stereocenters. The fourth-order valence-corrected chi connectivity index (χ4v) is 12.6. The lowest BCUT2D eigenvalue weighted by Crippen LogP contribution is -2.85. The smallest absolute Gasteiger partial charge is 0.338 e. The van der Waals surface area contributed by atoms with Crippen LogP contribution in [0.25, 0.3) is 0 Å². The fourth-order valence-electron chi connectivity index (χ4n) is 12.6. The first-order valence-electron chi connectivity index (χ1n) is 17.6. The number of carbonyl (C=O) groups excluding carboxylic acids is 1. The van der Waals surface area contributed by atoms with Gasteiger partial charge in [0.25, 0.3) is 0 Å². The third-order valence-electron chi connectivity index (χ3n) is 14.9. The summed E-state index contributed by atoms with van der Waals surface area (Å²) < 4.78 is 23.5. The van der Waals surface area contributed by atoms with Crippen molar-refractivity contribution in [1.29, 1.82) is 0 Å². The third kappa shape index (κ3) is 3.66. The van der Waals surface area contributed by atoms with Crippen molar-refractivity contribution in [3.05, 3.63) is 23.8 Å². The van der Waals surface area contributed by atoms with Crippen molar-refractivity contribution in [2.24, 2.45) is 29.1 Å². The van der Waals surface area contributed by atoms with E-state index in [1.54, 1.807) is 19.1 Å². The molecule has 12 heteroatoms. The summed E-state index contributed by atoms with van der Waals surface area (Å²) in [5, 5.41) is 74.7. The van der Waals surface area contributed by atoms with Gasteiger partial charge in [0.1, 0.15) is 22.4 Å². The van der Waals surface area contributed by atoms with Crippen molar-refractivity contribution in [2.45, 2.75) is 124 Å². The maximum Gasteiger partial charge on any atom is 0.338 e. The van der Waals surface area contributed by atoms with Crippen LogP contribution >= 0.6 is 0 Å². The second kappa shape index (κ2) is 10.1. The predicted molar refractivity (Wildman–Crippen MR) is 169 cm³/mol. The van der Waals surface area contributed by atoms with Crippen molar-refractivity contribution < 1.29 is 54.4 Å². The average Bonchev–Trinajstić information content (AvgIpc) is 3.21. The number of benzene rings is 1. The minimum atomic E-state index is -2.10. The number of methoxy groups -OCH3 is 2. The van der Waals surface area contributed by atoms with Crippen LogP contribution in [-0.4, -0.2) is 121 Å². The number of nitrogens with zero attached hydrogens (tertiary/aromatic N) is 1. The number of rotatable bonds is 4. The van der Waals surface area contributed by atoms with Crippen LogP contribution in [0, 0.1) is 29.1 Å².